The van der Waals surface area contributed by atoms with Crippen LogP contribution in [0, 0.1) is 12.7 Å². The number of nitrogens with zero attached hydrogens (tertiary/aromatic N) is 2. The molecule has 7 heteroatoms. The summed E-state index contributed by atoms with van der Waals surface area (Å²) in [4.78, 5) is 20.7. The van der Waals surface area contributed by atoms with E-state index in [1.165, 1.54) is 19.2 Å². The van der Waals surface area contributed by atoms with Crippen molar-refractivity contribution < 1.29 is 13.9 Å². The Labute approximate surface area is 156 Å². The minimum atomic E-state index is -0.432. The molecule has 0 saturated heterocycles. The maximum Gasteiger partial charge on any atom is 0.339 e. The van der Waals surface area contributed by atoms with Gasteiger partial charge in [0, 0.05) is 18.3 Å². The van der Waals surface area contributed by atoms with E-state index in [-0.39, 0.29) is 5.82 Å². The van der Waals surface area contributed by atoms with Crippen molar-refractivity contribution in [3.05, 3.63) is 77.2 Å². The molecular formula is C20H19FN4O2. The zero-order valence-corrected chi connectivity index (χ0v) is 15.0. The third kappa shape index (κ3) is 4.78. The molecule has 0 amide bonds. The Kier molecular flexibility index (Phi) is 5.61. The van der Waals surface area contributed by atoms with E-state index in [2.05, 4.69) is 20.6 Å². The van der Waals surface area contributed by atoms with E-state index < -0.39 is 5.97 Å². The van der Waals surface area contributed by atoms with Crippen molar-refractivity contribution in [1.82, 2.24) is 9.97 Å². The predicted molar refractivity (Wildman–Crippen MR) is 102 cm³/mol. The second-order valence-corrected chi connectivity index (χ2v) is 5.86. The van der Waals surface area contributed by atoms with Crippen LogP contribution in [0.1, 0.15) is 21.6 Å². The summed E-state index contributed by atoms with van der Waals surface area (Å²) >= 11 is 0. The maximum absolute atomic E-state index is 13.0. The fraction of sp³-hybridized carbons (Fsp3) is 0.150. The number of hydrogen-bond donors (Lipinski definition) is 2. The standard InChI is InChI=1S/C20H19FN4O2/c1-13-11-18(24-17-6-4-3-5-16(17)19(26)27-2)25-20(23-13)22-12-14-7-9-15(21)10-8-14/h3-11H,12H2,1-2H3,(H2,22,23,24,25). The van der Waals surface area contributed by atoms with Crippen LogP contribution >= 0.6 is 0 Å². The second kappa shape index (κ2) is 8.27. The highest BCUT2D eigenvalue weighted by molar-refractivity contribution is 5.96. The SMILES string of the molecule is COC(=O)c1ccccc1Nc1cc(C)nc(NCc2ccc(F)cc2)n1. The molecule has 1 aromatic heterocycles. The summed E-state index contributed by atoms with van der Waals surface area (Å²) in [5.41, 5.74) is 2.67. The molecule has 0 aliphatic rings. The molecule has 0 spiro atoms. The van der Waals surface area contributed by atoms with Gasteiger partial charge in [-0.3, -0.25) is 0 Å². The molecule has 0 fully saturated rings. The van der Waals surface area contributed by atoms with Crippen molar-refractivity contribution >= 4 is 23.4 Å². The second-order valence-electron chi connectivity index (χ2n) is 5.86. The number of para-hydroxylation sites is 1. The number of carbonyl (C=O) groups is 1. The topological polar surface area (TPSA) is 76.1 Å². The molecule has 3 aromatic rings. The van der Waals surface area contributed by atoms with Crippen molar-refractivity contribution in [2.24, 2.45) is 0 Å². The fourth-order valence-corrected chi connectivity index (χ4v) is 2.51. The van der Waals surface area contributed by atoms with Crippen molar-refractivity contribution in [2.45, 2.75) is 13.5 Å². The molecule has 0 aliphatic heterocycles. The molecule has 0 unspecified atom stereocenters. The number of anilines is 3. The van der Waals surface area contributed by atoms with Gasteiger partial charge in [-0.25, -0.2) is 14.2 Å². The number of rotatable bonds is 6. The van der Waals surface area contributed by atoms with Crippen LogP contribution in [0.2, 0.25) is 0 Å². The lowest BCUT2D eigenvalue weighted by molar-refractivity contribution is 0.0602. The summed E-state index contributed by atoms with van der Waals surface area (Å²) in [5, 5.41) is 6.25. The molecule has 138 valence electrons. The summed E-state index contributed by atoms with van der Waals surface area (Å²) in [5.74, 6) is 0.262. The smallest absolute Gasteiger partial charge is 0.339 e. The average Bonchev–Trinajstić information content (AvgIpc) is 2.67. The first-order valence-electron chi connectivity index (χ1n) is 8.33. The van der Waals surface area contributed by atoms with Crippen LogP contribution in [-0.2, 0) is 11.3 Å². The highest BCUT2D eigenvalue weighted by Gasteiger charge is 2.12. The number of hydrogen-bond acceptors (Lipinski definition) is 6. The van der Waals surface area contributed by atoms with E-state index in [0.717, 1.165) is 11.3 Å². The number of methoxy groups -OCH3 is 1. The molecule has 2 aromatic carbocycles. The number of carbonyl (C=O) groups excluding carboxylic acids is 1. The number of aryl methyl sites for hydroxylation is 1. The molecule has 0 radical (unpaired) electrons. The molecule has 1 heterocycles. The molecule has 2 N–H and O–H groups in total. The molecule has 6 nitrogen and oxygen atoms in total. The van der Waals surface area contributed by atoms with E-state index >= 15 is 0 Å². The van der Waals surface area contributed by atoms with Crippen molar-refractivity contribution in [2.75, 3.05) is 17.7 Å². The Morgan fingerprint density at radius 2 is 1.85 bits per heavy atom. The zero-order chi connectivity index (χ0) is 19.2. The van der Waals surface area contributed by atoms with Crippen LogP contribution in [-0.4, -0.2) is 23.0 Å². The third-order valence-corrected chi connectivity index (χ3v) is 3.81. The Morgan fingerprint density at radius 1 is 1.11 bits per heavy atom. The number of benzene rings is 2. The Hall–Kier alpha value is -3.48. The number of halogens is 1. The van der Waals surface area contributed by atoms with Crippen LogP contribution in [0.4, 0.5) is 21.8 Å². The minimum Gasteiger partial charge on any atom is -0.465 e. The fourth-order valence-electron chi connectivity index (χ4n) is 2.51. The van der Waals surface area contributed by atoms with Crippen LogP contribution in [0.15, 0.2) is 54.6 Å². The van der Waals surface area contributed by atoms with Gasteiger partial charge in [-0.15, -0.1) is 0 Å². The van der Waals surface area contributed by atoms with Gasteiger partial charge in [0.05, 0.1) is 18.4 Å². The summed E-state index contributed by atoms with van der Waals surface area (Å²) in [6, 6.07) is 15.0. The number of nitrogens with one attached hydrogen (secondary N) is 2. The van der Waals surface area contributed by atoms with Gasteiger partial charge in [0.15, 0.2) is 0 Å². The Morgan fingerprint density at radius 3 is 2.59 bits per heavy atom. The highest BCUT2D eigenvalue weighted by Crippen LogP contribution is 2.21. The largest absolute Gasteiger partial charge is 0.465 e. The average molecular weight is 366 g/mol. The molecule has 0 aliphatic carbocycles. The van der Waals surface area contributed by atoms with Gasteiger partial charge >= 0.3 is 5.97 Å². The van der Waals surface area contributed by atoms with Gasteiger partial charge < -0.3 is 15.4 Å². The Bertz CT molecular complexity index is 945. The summed E-state index contributed by atoms with van der Waals surface area (Å²) in [6.07, 6.45) is 0. The highest BCUT2D eigenvalue weighted by atomic mass is 19.1. The van der Waals surface area contributed by atoms with Crippen molar-refractivity contribution in [1.29, 1.82) is 0 Å². The number of aromatic nitrogens is 2. The normalized spacial score (nSPS) is 10.3. The Balaban J connectivity index is 1.78. The first-order chi connectivity index (χ1) is 13.0. The van der Waals surface area contributed by atoms with Crippen LogP contribution in [0.25, 0.3) is 0 Å². The van der Waals surface area contributed by atoms with Gasteiger partial charge in [-0.2, -0.15) is 4.98 Å². The summed E-state index contributed by atoms with van der Waals surface area (Å²) in [6.45, 7) is 2.31. The first-order valence-corrected chi connectivity index (χ1v) is 8.33. The van der Waals surface area contributed by atoms with Crippen LogP contribution in [0.5, 0.6) is 0 Å². The number of esters is 1. The minimum absolute atomic E-state index is 0.277. The molecule has 0 saturated carbocycles. The molecule has 27 heavy (non-hydrogen) atoms. The quantitative estimate of drug-likeness (QED) is 0.641. The van der Waals surface area contributed by atoms with Crippen LogP contribution in [0.3, 0.4) is 0 Å². The lowest BCUT2D eigenvalue weighted by Gasteiger charge is -2.12. The monoisotopic (exact) mass is 366 g/mol. The molecule has 3 rings (SSSR count). The lowest BCUT2D eigenvalue weighted by Crippen LogP contribution is -2.08. The van der Waals surface area contributed by atoms with E-state index in [0.29, 0.717) is 29.6 Å². The zero-order valence-electron chi connectivity index (χ0n) is 15.0. The van der Waals surface area contributed by atoms with Gasteiger partial charge in [-0.1, -0.05) is 24.3 Å². The third-order valence-electron chi connectivity index (χ3n) is 3.81. The summed E-state index contributed by atoms with van der Waals surface area (Å²) in [7, 11) is 1.34. The van der Waals surface area contributed by atoms with Gasteiger partial charge in [0.1, 0.15) is 11.6 Å². The summed E-state index contributed by atoms with van der Waals surface area (Å²) < 4.78 is 17.8. The van der Waals surface area contributed by atoms with E-state index in [4.69, 9.17) is 4.74 Å². The molecule has 0 bridgehead atoms. The molecule has 0 atom stereocenters. The van der Waals surface area contributed by atoms with Gasteiger partial charge in [-0.05, 0) is 36.8 Å². The van der Waals surface area contributed by atoms with E-state index in [1.807, 2.05) is 13.0 Å². The maximum atomic E-state index is 13.0. The van der Waals surface area contributed by atoms with Crippen LogP contribution < -0.4 is 10.6 Å². The van der Waals surface area contributed by atoms with E-state index in [9.17, 15) is 9.18 Å². The number of ether oxygens (including phenoxy) is 1. The predicted octanol–water partition coefficient (Wildman–Crippen LogP) is 4.07. The van der Waals surface area contributed by atoms with Crippen molar-refractivity contribution in [3.8, 4) is 0 Å². The molecular weight excluding hydrogens is 347 g/mol. The van der Waals surface area contributed by atoms with E-state index in [1.54, 1.807) is 36.4 Å². The van der Waals surface area contributed by atoms with Crippen molar-refractivity contribution in [3.63, 3.8) is 0 Å². The first kappa shape index (κ1) is 18.3. The van der Waals surface area contributed by atoms with Gasteiger partial charge in [0.2, 0.25) is 5.95 Å². The van der Waals surface area contributed by atoms with Gasteiger partial charge in [0.25, 0.3) is 0 Å². The lowest BCUT2D eigenvalue weighted by atomic mass is 10.2.